The highest BCUT2D eigenvalue weighted by atomic mass is 16.5. The maximum atomic E-state index is 12.2. The molecule has 26 heavy (non-hydrogen) atoms. The normalized spacial score (nSPS) is 11.6. The summed E-state index contributed by atoms with van der Waals surface area (Å²) in [6, 6.07) is 14.1. The van der Waals surface area contributed by atoms with Crippen LogP contribution in [0.25, 0.3) is 5.69 Å². The summed E-state index contributed by atoms with van der Waals surface area (Å²) in [5.41, 5.74) is 2.87. The van der Waals surface area contributed by atoms with Crippen LogP contribution in [0.15, 0.2) is 61.2 Å². The average molecular weight is 350 g/mol. The molecule has 1 atom stereocenters. The third kappa shape index (κ3) is 4.13. The monoisotopic (exact) mass is 350 g/mol. The fourth-order valence-corrected chi connectivity index (χ4v) is 2.25. The number of aryl methyl sites for hydroxylation is 1. The van der Waals surface area contributed by atoms with E-state index in [1.54, 1.807) is 47.4 Å². The van der Waals surface area contributed by atoms with Crippen molar-refractivity contribution in [3.05, 3.63) is 72.3 Å². The van der Waals surface area contributed by atoms with E-state index in [9.17, 15) is 9.59 Å². The van der Waals surface area contributed by atoms with Gasteiger partial charge < -0.3 is 10.1 Å². The van der Waals surface area contributed by atoms with Crippen LogP contribution in [-0.2, 0) is 9.53 Å². The number of anilines is 1. The second-order valence-corrected chi connectivity index (χ2v) is 5.79. The van der Waals surface area contributed by atoms with Crippen molar-refractivity contribution in [1.82, 2.24) is 14.8 Å². The molecule has 3 aromatic rings. The van der Waals surface area contributed by atoms with Crippen molar-refractivity contribution in [3.8, 4) is 5.69 Å². The van der Waals surface area contributed by atoms with Gasteiger partial charge in [0.2, 0.25) is 0 Å². The quantitative estimate of drug-likeness (QED) is 0.715. The molecule has 0 saturated carbocycles. The molecule has 0 saturated heterocycles. The first-order chi connectivity index (χ1) is 12.5. The molecule has 0 bridgehead atoms. The summed E-state index contributed by atoms with van der Waals surface area (Å²) >= 11 is 0. The van der Waals surface area contributed by atoms with Gasteiger partial charge in [0.25, 0.3) is 5.91 Å². The van der Waals surface area contributed by atoms with E-state index in [2.05, 4.69) is 15.4 Å². The van der Waals surface area contributed by atoms with Crippen LogP contribution < -0.4 is 5.32 Å². The van der Waals surface area contributed by atoms with Crippen molar-refractivity contribution in [2.24, 2.45) is 0 Å². The predicted octanol–water partition coefficient (Wildman–Crippen LogP) is 2.76. The van der Waals surface area contributed by atoms with Gasteiger partial charge >= 0.3 is 5.97 Å². The Morgan fingerprint density at radius 3 is 2.38 bits per heavy atom. The molecule has 0 aliphatic carbocycles. The van der Waals surface area contributed by atoms with Gasteiger partial charge in [0.15, 0.2) is 6.10 Å². The van der Waals surface area contributed by atoms with Gasteiger partial charge in [-0.2, -0.15) is 5.10 Å². The van der Waals surface area contributed by atoms with Crippen molar-refractivity contribution < 1.29 is 14.3 Å². The van der Waals surface area contributed by atoms with Gasteiger partial charge in [0.1, 0.15) is 12.7 Å². The molecule has 0 aliphatic heterocycles. The molecule has 2 aromatic carbocycles. The number of aromatic nitrogens is 3. The van der Waals surface area contributed by atoms with E-state index < -0.39 is 12.1 Å². The number of benzene rings is 2. The number of rotatable bonds is 5. The van der Waals surface area contributed by atoms with E-state index in [1.807, 2.05) is 19.1 Å². The fourth-order valence-electron chi connectivity index (χ4n) is 2.25. The number of nitrogens with zero attached hydrogens (tertiary/aromatic N) is 3. The maximum absolute atomic E-state index is 12.2. The summed E-state index contributed by atoms with van der Waals surface area (Å²) in [5, 5.41) is 6.73. The molecular formula is C19H18N4O3. The van der Waals surface area contributed by atoms with E-state index in [0.717, 1.165) is 11.3 Å². The van der Waals surface area contributed by atoms with Gasteiger partial charge in [-0.05, 0) is 50.2 Å². The smallest absolute Gasteiger partial charge is 0.338 e. The molecule has 7 nitrogen and oxygen atoms in total. The van der Waals surface area contributed by atoms with E-state index in [1.165, 1.54) is 13.3 Å². The molecule has 0 radical (unpaired) electrons. The van der Waals surface area contributed by atoms with Crippen molar-refractivity contribution >= 4 is 17.6 Å². The summed E-state index contributed by atoms with van der Waals surface area (Å²) in [4.78, 5) is 28.3. The largest absolute Gasteiger partial charge is 0.449 e. The first-order valence-electron chi connectivity index (χ1n) is 8.06. The summed E-state index contributed by atoms with van der Waals surface area (Å²) in [6.07, 6.45) is 2.07. The summed E-state index contributed by atoms with van der Waals surface area (Å²) in [5.74, 6) is -0.955. The second-order valence-electron chi connectivity index (χ2n) is 5.79. The van der Waals surface area contributed by atoms with Crippen LogP contribution in [0.4, 0.5) is 5.69 Å². The zero-order chi connectivity index (χ0) is 18.5. The number of nitrogens with one attached hydrogen (secondary N) is 1. The Morgan fingerprint density at radius 2 is 1.77 bits per heavy atom. The van der Waals surface area contributed by atoms with Crippen LogP contribution in [0.2, 0.25) is 0 Å². The van der Waals surface area contributed by atoms with Crippen LogP contribution in [0.5, 0.6) is 0 Å². The van der Waals surface area contributed by atoms with Crippen molar-refractivity contribution in [1.29, 1.82) is 0 Å². The molecule has 0 aliphatic rings. The highest BCUT2D eigenvalue weighted by molar-refractivity contribution is 5.97. The number of hydrogen-bond donors (Lipinski definition) is 1. The Kier molecular flexibility index (Phi) is 5.07. The van der Waals surface area contributed by atoms with Gasteiger partial charge in [-0.1, -0.05) is 17.7 Å². The summed E-state index contributed by atoms with van der Waals surface area (Å²) < 4.78 is 6.82. The second kappa shape index (κ2) is 7.60. The lowest BCUT2D eigenvalue weighted by Crippen LogP contribution is -2.30. The molecular weight excluding hydrogens is 332 g/mol. The number of amides is 1. The lowest BCUT2D eigenvalue weighted by atomic mass is 10.2. The van der Waals surface area contributed by atoms with Crippen LogP contribution in [0, 0.1) is 6.92 Å². The Labute approximate surface area is 150 Å². The van der Waals surface area contributed by atoms with E-state index in [0.29, 0.717) is 11.3 Å². The fraction of sp³-hybridized carbons (Fsp3) is 0.158. The highest BCUT2D eigenvalue weighted by Crippen LogP contribution is 2.12. The maximum Gasteiger partial charge on any atom is 0.338 e. The first-order valence-corrected chi connectivity index (χ1v) is 8.06. The summed E-state index contributed by atoms with van der Waals surface area (Å²) in [6.45, 7) is 3.50. The number of carbonyl (C=O) groups excluding carboxylic acids is 2. The lowest BCUT2D eigenvalue weighted by molar-refractivity contribution is -0.123. The van der Waals surface area contributed by atoms with Crippen molar-refractivity contribution in [3.63, 3.8) is 0 Å². The van der Waals surface area contributed by atoms with Crippen LogP contribution >= 0.6 is 0 Å². The minimum absolute atomic E-state index is 0.351. The zero-order valence-corrected chi connectivity index (χ0v) is 14.4. The Morgan fingerprint density at radius 1 is 1.08 bits per heavy atom. The minimum Gasteiger partial charge on any atom is -0.449 e. The number of hydrogen-bond acceptors (Lipinski definition) is 5. The van der Waals surface area contributed by atoms with Gasteiger partial charge in [-0.25, -0.2) is 14.5 Å². The number of carbonyl (C=O) groups is 2. The third-order valence-corrected chi connectivity index (χ3v) is 3.76. The van der Waals surface area contributed by atoms with E-state index in [4.69, 9.17) is 4.74 Å². The third-order valence-electron chi connectivity index (χ3n) is 3.76. The number of ether oxygens (including phenoxy) is 1. The Bertz CT molecular complexity index is 888. The molecule has 1 amide bonds. The number of esters is 1. The van der Waals surface area contributed by atoms with Gasteiger partial charge in [-0.15, -0.1) is 0 Å². The standard InChI is InChI=1S/C19H18N4O3/c1-13-3-7-16(8-4-13)22-18(24)14(2)26-19(25)15-5-9-17(10-6-15)23-12-20-11-21-23/h3-12,14H,1-2H3,(H,22,24)/t14-/m0/s1. The summed E-state index contributed by atoms with van der Waals surface area (Å²) in [7, 11) is 0. The molecule has 3 rings (SSSR count). The molecule has 0 fully saturated rings. The van der Waals surface area contributed by atoms with Gasteiger partial charge in [-0.3, -0.25) is 4.79 Å². The topological polar surface area (TPSA) is 86.1 Å². The Hall–Kier alpha value is -3.48. The van der Waals surface area contributed by atoms with Gasteiger partial charge in [0, 0.05) is 5.69 Å². The molecule has 1 N–H and O–H groups in total. The molecule has 132 valence electrons. The molecule has 7 heteroatoms. The lowest BCUT2D eigenvalue weighted by Gasteiger charge is -2.14. The van der Waals surface area contributed by atoms with Crippen molar-refractivity contribution in [2.75, 3.05) is 5.32 Å². The molecule has 1 heterocycles. The Balaban J connectivity index is 1.59. The SMILES string of the molecule is Cc1ccc(NC(=O)[C@H](C)OC(=O)c2ccc(-n3cncn3)cc2)cc1. The average Bonchev–Trinajstić information content (AvgIpc) is 3.18. The zero-order valence-electron chi connectivity index (χ0n) is 14.4. The molecule has 0 spiro atoms. The minimum atomic E-state index is -0.918. The van der Waals surface area contributed by atoms with E-state index >= 15 is 0 Å². The highest BCUT2D eigenvalue weighted by Gasteiger charge is 2.19. The molecule has 0 unspecified atom stereocenters. The van der Waals surface area contributed by atoms with E-state index in [-0.39, 0.29) is 5.91 Å². The first kappa shape index (κ1) is 17.3. The van der Waals surface area contributed by atoms with Crippen LogP contribution in [-0.4, -0.2) is 32.7 Å². The molecule has 1 aromatic heterocycles. The van der Waals surface area contributed by atoms with Crippen LogP contribution in [0.3, 0.4) is 0 Å². The van der Waals surface area contributed by atoms with Gasteiger partial charge in [0.05, 0.1) is 11.3 Å². The predicted molar refractivity (Wildman–Crippen MR) is 96.0 cm³/mol. The van der Waals surface area contributed by atoms with Crippen molar-refractivity contribution in [2.45, 2.75) is 20.0 Å². The van der Waals surface area contributed by atoms with Crippen LogP contribution in [0.1, 0.15) is 22.8 Å².